The minimum absolute atomic E-state index is 0. The first-order valence-corrected chi connectivity index (χ1v) is 20.6. The quantitative estimate of drug-likeness (QED) is 0.0481. The van der Waals surface area contributed by atoms with Crippen LogP contribution in [0.2, 0.25) is 0 Å². The Bertz CT molecular complexity index is 1650. The van der Waals surface area contributed by atoms with Crippen molar-refractivity contribution in [3.8, 4) is 11.5 Å². The maximum absolute atomic E-state index is 10.9. The minimum atomic E-state index is -4.81. The number of rotatable bonds is 23. The van der Waals surface area contributed by atoms with Crippen LogP contribution in [0.5, 0.6) is 11.5 Å². The van der Waals surface area contributed by atoms with Gasteiger partial charge in [-0.05, 0) is 176 Å². The summed E-state index contributed by atoms with van der Waals surface area (Å²) in [5.41, 5.74) is 10.5. The van der Waals surface area contributed by atoms with Crippen molar-refractivity contribution in [2.45, 2.75) is 158 Å². The van der Waals surface area contributed by atoms with Crippen LogP contribution in [-0.4, -0.2) is 18.6 Å². The Morgan fingerprint density at radius 1 is 0.642 bits per heavy atom. The van der Waals surface area contributed by atoms with E-state index in [4.69, 9.17) is 4.74 Å². The van der Waals surface area contributed by atoms with Gasteiger partial charge in [0.15, 0.2) is 0 Å². The standard InChI is InChI=1S/C46H68O5S.Na/c1-36(2)17-10-18-37(3)19-11-20-38(4)21-12-22-39(5)23-13-24-40(6)25-14-26-41(7)27-15-28-42(8)29-16-33-46(9)34-32-43-35-44(51-52(47,48)49)30-31-45(43)50-46;/h17,19,21,23,25,27,29-32,34-35H,10-16,18,20,22,24,26,28,33H2,1-9H3,(H,47,48,49);/q;+1/p-1/b37-19+,38-21+,39-23+,40-25+,41-27+,42-29+;. The van der Waals surface area contributed by atoms with Crippen LogP contribution in [0, 0.1) is 0 Å². The Kier molecular flexibility index (Phi) is 23.6. The summed E-state index contributed by atoms with van der Waals surface area (Å²) in [4.78, 5) is 0. The van der Waals surface area contributed by atoms with Gasteiger partial charge in [0, 0.05) is 5.56 Å². The molecule has 0 bridgehead atoms. The molecule has 1 unspecified atom stereocenters. The molecule has 288 valence electrons. The molecule has 5 nitrogen and oxygen atoms in total. The van der Waals surface area contributed by atoms with Gasteiger partial charge >= 0.3 is 29.6 Å². The average Bonchev–Trinajstić information content (AvgIpc) is 3.04. The van der Waals surface area contributed by atoms with Crippen molar-refractivity contribution >= 4 is 16.5 Å². The molecule has 53 heavy (non-hydrogen) atoms. The van der Waals surface area contributed by atoms with Gasteiger partial charge < -0.3 is 13.5 Å². The molecule has 1 aromatic carbocycles. The third-order valence-electron chi connectivity index (χ3n) is 9.52. The Labute approximate surface area is 346 Å². The molecule has 0 aliphatic carbocycles. The molecule has 1 heterocycles. The van der Waals surface area contributed by atoms with E-state index in [0.717, 1.165) is 83.5 Å². The summed E-state index contributed by atoms with van der Waals surface area (Å²) >= 11 is 0. The van der Waals surface area contributed by atoms with Crippen molar-refractivity contribution in [3.05, 3.63) is 111 Å². The van der Waals surface area contributed by atoms with Gasteiger partial charge in [0.1, 0.15) is 17.1 Å². The number of benzene rings is 1. The summed E-state index contributed by atoms with van der Waals surface area (Å²) in [6.45, 7) is 19.9. The topological polar surface area (TPSA) is 75.7 Å². The number of hydrogen-bond donors (Lipinski definition) is 0. The molecule has 0 spiro atoms. The number of ether oxygens (including phenoxy) is 1. The van der Waals surface area contributed by atoms with E-state index in [9.17, 15) is 13.0 Å². The predicted octanol–water partition coefficient (Wildman–Crippen LogP) is 10.8. The fraction of sp³-hybridized carbons (Fsp3) is 0.522. The maximum Gasteiger partial charge on any atom is 1.00 e. The fourth-order valence-electron chi connectivity index (χ4n) is 6.14. The van der Waals surface area contributed by atoms with E-state index in [1.165, 1.54) is 57.6 Å². The van der Waals surface area contributed by atoms with E-state index in [1.54, 1.807) is 6.07 Å². The second kappa shape index (κ2) is 25.7. The van der Waals surface area contributed by atoms with Crippen molar-refractivity contribution in [1.82, 2.24) is 0 Å². The molecule has 0 amide bonds. The first kappa shape index (κ1) is 48.7. The Morgan fingerprint density at radius 2 is 1.02 bits per heavy atom. The van der Waals surface area contributed by atoms with Gasteiger partial charge in [-0.15, -0.1) is 0 Å². The van der Waals surface area contributed by atoms with Crippen LogP contribution in [-0.2, 0) is 10.4 Å². The normalized spacial score (nSPS) is 17.2. The number of fused-ring (bicyclic) bond motifs is 1. The van der Waals surface area contributed by atoms with Gasteiger partial charge in [0.25, 0.3) is 10.4 Å². The van der Waals surface area contributed by atoms with Gasteiger partial charge in [-0.1, -0.05) is 87.6 Å². The minimum Gasteiger partial charge on any atom is -0.716 e. The van der Waals surface area contributed by atoms with Crippen LogP contribution in [0.15, 0.2) is 106 Å². The zero-order valence-corrected chi connectivity index (χ0v) is 37.6. The molecule has 1 aliphatic rings. The van der Waals surface area contributed by atoms with E-state index >= 15 is 0 Å². The zero-order valence-electron chi connectivity index (χ0n) is 34.8. The van der Waals surface area contributed by atoms with Crippen LogP contribution in [0.3, 0.4) is 0 Å². The average molecular weight is 755 g/mol. The summed E-state index contributed by atoms with van der Waals surface area (Å²) in [5.74, 6) is 0.619. The van der Waals surface area contributed by atoms with Gasteiger partial charge in [-0.3, -0.25) is 0 Å². The molecule has 1 aromatic rings. The largest absolute Gasteiger partial charge is 1.00 e. The third kappa shape index (κ3) is 23.2. The summed E-state index contributed by atoms with van der Waals surface area (Å²) in [6.07, 6.45) is 35.8. The maximum atomic E-state index is 10.9. The van der Waals surface area contributed by atoms with Crippen LogP contribution < -0.4 is 38.5 Å². The fourth-order valence-corrected chi connectivity index (χ4v) is 6.48. The van der Waals surface area contributed by atoms with Gasteiger partial charge in [0.2, 0.25) is 0 Å². The van der Waals surface area contributed by atoms with Crippen molar-refractivity contribution in [2.75, 3.05) is 0 Å². The summed E-state index contributed by atoms with van der Waals surface area (Å²) in [5, 5.41) is 0. The van der Waals surface area contributed by atoms with Crippen molar-refractivity contribution in [2.24, 2.45) is 0 Å². The van der Waals surface area contributed by atoms with E-state index in [0.29, 0.717) is 11.3 Å². The summed E-state index contributed by atoms with van der Waals surface area (Å²) < 4.78 is 43.3. The molecule has 1 aliphatic heterocycles. The molecule has 7 heteroatoms. The molecular weight excluding hydrogens is 688 g/mol. The smallest absolute Gasteiger partial charge is 0.716 e. The van der Waals surface area contributed by atoms with Crippen molar-refractivity contribution in [3.63, 3.8) is 0 Å². The monoisotopic (exact) mass is 754 g/mol. The van der Waals surface area contributed by atoms with E-state index < -0.39 is 16.0 Å². The second-order valence-electron chi connectivity index (χ2n) is 15.3. The molecule has 0 radical (unpaired) electrons. The van der Waals surface area contributed by atoms with E-state index in [1.807, 2.05) is 19.1 Å². The first-order chi connectivity index (χ1) is 24.5. The molecule has 2 rings (SSSR count). The van der Waals surface area contributed by atoms with Gasteiger partial charge in [0.05, 0.1) is 0 Å². The van der Waals surface area contributed by atoms with Crippen LogP contribution >= 0.6 is 0 Å². The molecule has 0 aromatic heterocycles. The summed E-state index contributed by atoms with van der Waals surface area (Å²) in [6, 6.07) is 4.57. The van der Waals surface area contributed by atoms with E-state index in [2.05, 4.69) is 102 Å². The number of allylic oxidation sites excluding steroid dienone is 14. The Balaban J connectivity index is 0.0000140. The summed E-state index contributed by atoms with van der Waals surface area (Å²) in [7, 11) is -4.81. The molecule has 0 N–H and O–H groups in total. The molecule has 0 saturated heterocycles. The molecular formula is C46H67NaO5S. The van der Waals surface area contributed by atoms with Crippen LogP contribution in [0.4, 0.5) is 0 Å². The van der Waals surface area contributed by atoms with Crippen LogP contribution in [0.25, 0.3) is 6.08 Å². The van der Waals surface area contributed by atoms with Crippen LogP contribution in [0.1, 0.15) is 158 Å². The van der Waals surface area contributed by atoms with Gasteiger partial charge in [-0.2, -0.15) is 0 Å². The van der Waals surface area contributed by atoms with E-state index in [-0.39, 0.29) is 35.3 Å². The molecule has 0 saturated carbocycles. The first-order valence-electron chi connectivity index (χ1n) is 19.3. The van der Waals surface area contributed by atoms with Crippen molar-refractivity contribution in [1.29, 1.82) is 0 Å². The predicted molar refractivity (Wildman–Crippen MR) is 221 cm³/mol. The van der Waals surface area contributed by atoms with Gasteiger partial charge in [-0.25, -0.2) is 8.42 Å². The SMILES string of the molecule is CC(C)=CCC/C(C)=C/CC/C(C)=C/CC/C(C)=C/CC/C(C)=C/CC/C(C)=C/CC/C(C)=C/CCC1(C)C=Cc2cc(OS(=O)(=O)[O-])ccc2O1.[Na+]. The Hall–Kier alpha value is -2.35. The van der Waals surface area contributed by atoms with Crippen molar-refractivity contribution < 1.29 is 51.4 Å². The zero-order chi connectivity index (χ0) is 38.6. The molecule has 1 atom stereocenters. The number of hydrogen-bond acceptors (Lipinski definition) is 5. The Morgan fingerprint density at radius 3 is 1.40 bits per heavy atom. The third-order valence-corrected chi connectivity index (χ3v) is 9.92. The second-order valence-corrected chi connectivity index (χ2v) is 16.3. The molecule has 0 fully saturated rings.